The number of nitrogens with two attached hydrogens (primary N) is 1. The first-order valence-electron chi connectivity index (χ1n) is 25.4. The Kier molecular flexibility index (Phi) is 19.7. The Labute approximate surface area is 418 Å². The van der Waals surface area contributed by atoms with Crippen LogP contribution in [0.4, 0.5) is 5.82 Å². The summed E-state index contributed by atoms with van der Waals surface area (Å²) in [5, 5.41) is 18.9. The van der Waals surface area contributed by atoms with E-state index in [1.807, 2.05) is 45.0 Å². The Morgan fingerprint density at radius 2 is 1.53 bits per heavy atom. The first-order chi connectivity index (χ1) is 33.9. The summed E-state index contributed by atoms with van der Waals surface area (Å²) in [6, 6.07) is 18.1. The van der Waals surface area contributed by atoms with E-state index < -0.39 is 43.6 Å². The summed E-state index contributed by atoms with van der Waals surface area (Å²) in [5.74, 6) is -0.516. The summed E-state index contributed by atoms with van der Waals surface area (Å²) in [7, 11) is -4.47. The van der Waals surface area contributed by atoms with Crippen molar-refractivity contribution in [3.8, 4) is 17.5 Å². The number of unbranched alkanes of at least 4 members (excludes halogenated alkanes) is 16. The molecule has 1 unspecified atom stereocenters. The van der Waals surface area contributed by atoms with E-state index in [-0.39, 0.29) is 30.6 Å². The Morgan fingerprint density at radius 1 is 0.843 bits per heavy atom. The van der Waals surface area contributed by atoms with E-state index in [0.717, 1.165) is 24.8 Å². The van der Waals surface area contributed by atoms with Crippen LogP contribution in [0, 0.1) is 11.3 Å². The molecule has 2 aromatic carbocycles. The maximum Gasteiger partial charge on any atom is 0.530 e. The van der Waals surface area contributed by atoms with Crippen molar-refractivity contribution in [1.82, 2.24) is 29.4 Å². The van der Waals surface area contributed by atoms with Crippen molar-refractivity contribution in [1.29, 1.82) is 5.26 Å². The van der Waals surface area contributed by atoms with Gasteiger partial charge >= 0.3 is 7.82 Å². The molecule has 2 N–H and O–H groups in total. The lowest BCUT2D eigenvalue weighted by atomic mass is 9.97. The van der Waals surface area contributed by atoms with Crippen molar-refractivity contribution in [2.75, 3.05) is 18.9 Å². The predicted molar refractivity (Wildman–Crippen MR) is 268 cm³/mol. The molecule has 70 heavy (non-hydrogen) atoms. The van der Waals surface area contributed by atoms with Crippen molar-refractivity contribution in [2.24, 2.45) is 0 Å². The van der Waals surface area contributed by atoms with Crippen LogP contribution in [0.15, 0.2) is 73.6 Å². The van der Waals surface area contributed by atoms with Crippen molar-refractivity contribution in [2.45, 2.75) is 186 Å². The molecule has 0 spiro atoms. The van der Waals surface area contributed by atoms with Gasteiger partial charge in [-0.3, -0.25) is 9.05 Å². The molecule has 0 saturated carbocycles. The number of benzene rings is 2. The standard InChI is InChI=1S/C52H72ClN8O8P/c1-5-6-7-8-9-10-11-12-13-14-15-16-17-18-19-20-21-24-41(63-33-39-27-28-43(40(31-39)32-54)60-38-56-36-58-60)34-64-70(62,69-46-26-23-22-25-42(46)53)65-35-52(4)49-48(66-51(2,3)68-49)47(67-52)44-29-30-45-50(55)57-37-59-61(44)45/h22-23,25-31,36-38,41,47-49H,5-21,24,33-35H2,1-4H3,(H2,55,57,59)/t41-,47+,48+,49+,52-,70?/m1/s1. The van der Waals surface area contributed by atoms with E-state index in [0.29, 0.717) is 34.7 Å². The Balaban J connectivity index is 0.990. The second-order valence-corrected chi connectivity index (χ2v) is 21.3. The van der Waals surface area contributed by atoms with Gasteiger partial charge in [-0.05, 0) is 69.2 Å². The molecule has 16 nitrogen and oxygen atoms in total. The minimum atomic E-state index is -4.47. The third-order valence-electron chi connectivity index (χ3n) is 13.2. The number of nitrogen functional groups attached to an aromatic ring is 1. The van der Waals surface area contributed by atoms with Gasteiger partial charge in [-0.15, -0.1) is 0 Å². The molecule has 5 heterocycles. The number of aromatic nitrogens is 6. The van der Waals surface area contributed by atoms with Gasteiger partial charge in [0.05, 0.1) is 47.9 Å². The van der Waals surface area contributed by atoms with Crippen molar-refractivity contribution in [3.05, 3.63) is 95.4 Å². The normalized spacial score (nSPS) is 20.9. The zero-order chi connectivity index (χ0) is 49.4. The van der Waals surface area contributed by atoms with Gasteiger partial charge < -0.3 is 29.2 Å². The lowest BCUT2D eigenvalue weighted by molar-refractivity contribution is -0.212. The number of hydrogen-bond acceptors (Lipinski definition) is 14. The fourth-order valence-corrected chi connectivity index (χ4v) is 10.9. The van der Waals surface area contributed by atoms with Crippen LogP contribution in [0.5, 0.6) is 5.75 Å². The molecule has 0 amide bonds. The number of ether oxygens (including phenoxy) is 4. The van der Waals surface area contributed by atoms with Crippen molar-refractivity contribution < 1.29 is 37.1 Å². The quantitative estimate of drug-likeness (QED) is 0.0325. The number of rotatable bonds is 31. The first kappa shape index (κ1) is 53.4. The number of halogens is 1. The summed E-state index contributed by atoms with van der Waals surface area (Å²) in [6.07, 6.45) is 24.2. The predicted octanol–water partition coefficient (Wildman–Crippen LogP) is 12.6. The minimum Gasteiger partial charge on any atom is -0.402 e. The molecular formula is C52H72ClN8O8P. The lowest BCUT2D eigenvalue weighted by Crippen LogP contribution is -2.44. The average molecular weight is 1000 g/mol. The van der Waals surface area contributed by atoms with E-state index in [2.05, 4.69) is 33.2 Å². The number of anilines is 1. The van der Waals surface area contributed by atoms with Crippen LogP contribution in [0.1, 0.15) is 166 Å². The van der Waals surface area contributed by atoms with E-state index in [4.69, 9.17) is 49.9 Å². The molecular weight excluding hydrogens is 931 g/mol. The van der Waals surface area contributed by atoms with Crippen LogP contribution in [0.3, 0.4) is 0 Å². The van der Waals surface area contributed by atoms with E-state index >= 15 is 4.57 Å². The van der Waals surface area contributed by atoms with Gasteiger partial charge in [0.15, 0.2) is 11.6 Å². The molecule has 2 aliphatic rings. The number of phosphoric ester groups is 1. The Morgan fingerprint density at radius 3 is 2.19 bits per heavy atom. The molecule has 6 atom stereocenters. The summed E-state index contributed by atoms with van der Waals surface area (Å²) in [6.45, 7) is 7.53. The second kappa shape index (κ2) is 25.8. The number of fused-ring (bicyclic) bond motifs is 2. The largest absolute Gasteiger partial charge is 0.530 e. The van der Waals surface area contributed by atoms with E-state index in [9.17, 15) is 5.26 Å². The minimum absolute atomic E-state index is 0.126. The molecule has 2 fully saturated rings. The zero-order valence-corrected chi connectivity index (χ0v) is 43.0. The van der Waals surface area contributed by atoms with Crippen molar-refractivity contribution >= 4 is 30.8 Å². The van der Waals surface area contributed by atoms with Crippen LogP contribution in [0.2, 0.25) is 5.02 Å². The molecule has 2 saturated heterocycles. The molecule has 0 bridgehead atoms. The SMILES string of the molecule is CCCCCCCCCCCCCCCCCCC[C@H](COP(=O)(OC[C@@]1(C)O[C@@H](c2ccc3c(N)ncnn23)[C@@H]2OC(C)(C)O[C@@H]21)Oc1ccccc1Cl)OCc1ccc(-n2cncn2)c(C#N)c1. The Bertz CT molecular complexity index is 2490. The number of nitriles is 1. The highest BCUT2D eigenvalue weighted by molar-refractivity contribution is 7.49. The highest BCUT2D eigenvalue weighted by Gasteiger charge is 2.62. The van der Waals surface area contributed by atoms with Gasteiger partial charge in [-0.25, -0.2) is 23.7 Å². The highest BCUT2D eigenvalue weighted by atomic mass is 35.5. The third kappa shape index (κ3) is 14.6. The Hall–Kier alpha value is -4.43. The van der Waals surface area contributed by atoms with Crippen LogP contribution in [0.25, 0.3) is 11.2 Å². The molecule has 380 valence electrons. The molecule has 2 aliphatic heterocycles. The number of para-hydroxylation sites is 1. The maximum atomic E-state index is 15.0. The lowest BCUT2D eigenvalue weighted by Gasteiger charge is -2.32. The number of nitrogens with zero attached hydrogens (tertiary/aromatic N) is 7. The van der Waals surface area contributed by atoms with Crippen LogP contribution in [-0.4, -0.2) is 72.3 Å². The molecule has 7 rings (SSSR count). The monoisotopic (exact) mass is 1000 g/mol. The smallest absolute Gasteiger partial charge is 0.402 e. The summed E-state index contributed by atoms with van der Waals surface area (Å²) in [5.41, 5.74) is 8.07. The van der Waals surface area contributed by atoms with Gasteiger partial charge in [0.2, 0.25) is 0 Å². The third-order valence-corrected chi connectivity index (χ3v) is 14.8. The fraction of sp³-hybridized carbons (Fsp3) is 0.596. The number of hydrogen-bond donors (Lipinski definition) is 1. The highest BCUT2D eigenvalue weighted by Crippen LogP contribution is 2.55. The van der Waals surface area contributed by atoms with Crippen molar-refractivity contribution in [3.63, 3.8) is 0 Å². The van der Waals surface area contributed by atoms with Crippen LogP contribution < -0.4 is 10.3 Å². The van der Waals surface area contributed by atoms with Gasteiger partial charge in [-0.2, -0.15) is 15.5 Å². The van der Waals surface area contributed by atoms with E-state index in [1.54, 1.807) is 45.9 Å². The molecule has 0 radical (unpaired) electrons. The second-order valence-electron chi connectivity index (χ2n) is 19.3. The van der Waals surface area contributed by atoms with E-state index in [1.165, 1.54) is 103 Å². The summed E-state index contributed by atoms with van der Waals surface area (Å²) in [4.78, 5) is 8.15. The molecule has 5 aromatic rings. The summed E-state index contributed by atoms with van der Waals surface area (Å²) < 4.78 is 63.1. The zero-order valence-electron chi connectivity index (χ0n) is 41.4. The summed E-state index contributed by atoms with van der Waals surface area (Å²) >= 11 is 6.56. The molecule has 3 aromatic heterocycles. The van der Waals surface area contributed by atoms with Gasteiger partial charge in [-0.1, -0.05) is 146 Å². The molecule has 18 heteroatoms. The number of phosphoric acid groups is 1. The first-order valence-corrected chi connectivity index (χ1v) is 27.2. The fourth-order valence-electron chi connectivity index (χ4n) is 9.37. The van der Waals surface area contributed by atoms with Crippen LogP contribution >= 0.6 is 19.4 Å². The van der Waals surface area contributed by atoms with Gasteiger partial charge in [0.1, 0.15) is 60.2 Å². The van der Waals surface area contributed by atoms with Crippen LogP contribution in [-0.2, 0) is 39.2 Å². The van der Waals surface area contributed by atoms with Gasteiger partial charge in [0.25, 0.3) is 0 Å². The van der Waals surface area contributed by atoms with Gasteiger partial charge in [0, 0.05) is 0 Å². The molecule has 0 aliphatic carbocycles. The maximum absolute atomic E-state index is 15.0. The average Bonchev–Trinajstić information content (AvgIpc) is 4.16. The topological polar surface area (TPSA) is 192 Å².